The third-order valence-electron chi connectivity index (χ3n) is 2.44. The Hall–Kier alpha value is -1.55. The van der Waals surface area contributed by atoms with Crippen molar-refractivity contribution in [1.82, 2.24) is 5.32 Å². The maximum Gasteiger partial charge on any atom is 0.324 e. The van der Waals surface area contributed by atoms with Crippen LogP contribution in [-0.4, -0.2) is 30.3 Å². The Kier molecular flexibility index (Phi) is 5.49. The molecule has 0 aromatic heterocycles. The lowest BCUT2D eigenvalue weighted by Gasteiger charge is -2.15. The first-order chi connectivity index (χ1) is 8.15. The molecule has 0 fully saturated rings. The van der Waals surface area contributed by atoms with Crippen molar-refractivity contribution in [3.05, 3.63) is 29.8 Å². The largest absolute Gasteiger partial charge is 0.491 e. The van der Waals surface area contributed by atoms with Gasteiger partial charge >= 0.3 is 5.97 Å². The molecule has 0 saturated heterocycles. The van der Waals surface area contributed by atoms with E-state index in [1.54, 1.807) is 0 Å². The molecule has 1 rings (SSSR count). The van der Waals surface area contributed by atoms with Crippen LogP contribution in [0.15, 0.2) is 24.3 Å². The number of carboxylic acid groups (broad SMARTS) is 1. The summed E-state index contributed by atoms with van der Waals surface area (Å²) in [5.41, 5.74) is 1.01. The van der Waals surface area contributed by atoms with Gasteiger partial charge in [-0.2, -0.15) is 0 Å². The van der Waals surface area contributed by atoms with Gasteiger partial charge in [0.15, 0.2) is 0 Å². The summed E-state index contributed by atoms with van der Waals surface area (Å²) in [6, 6.07) is 6.91. The highest BCUT2D eigenvalue weighted by Gasteiger charge is 2.17. The van der Waals surface area contributed by atoms with Crippen molar-refractivity contribution in [2.24, 2.45) is 0 Å². The molecule has 0 aliphatic rings. The van der Waals surface area contributed by atoms with Crippen molar-refractivity contribution in [2.75, 3.05) is 13.2 Å². The fourth-order valence-corrected chi connectivity index (χ4v) is 1.43. The number of hydrogen-bond donors (Lipinski definition) is 2. The number of aliphatic carboxylic acids is 1. The molecule has 1 aromatic rings. The summed E-state index contributed by atoms with van der Waals surface area (Å²) in [4.78, 5) is 11.0. The highest BCUT2D eigenvalue weighted by atomic mass is 16.5. The van der Waals surface area contributed by atoms with E-state index in [4.69, 9.17) is 9.84 Å². The lowest BCUT2D eigenvalue weighted by molar-refractivity contribution is -0.140. The van der Waals surface area contributed by atoms with E-state index in [0.717, 1.165) is 17.7 Å². The van der Waals surface area contributed by atoms with Crippen LogP contribution in [0, 0.1) is 6.92 Å². The normalized spacial score (nSPS) is 12.1. The van der Waals surface area contributed by atoms with Crippen molar-refractivity contribution >= 4 is 5.97 Å². The van der Waals surface area contributed by atoms with E-state index in [-0.39, 0.29) is 6.61 Å². The molecule has 1 atom stereocenters. The Bertz CT molecular complexity index is 365. The minimum Gasteiger partial charge on any atom is -0.491 e. The molecule has 1 unspecified atom stereocenters. The highest BCUT2D eigenvalue weighted by molar-refractivity contribution is 5.73. The minimum atomic E-state index is -0.882. The van der Waals surface area contributed by atoms with E-state index in [0.29, 0.717) is 6.54 Å². The van der Waals surface area contributed by atoms with Gasteiger partial charge in [0.2, 0.25) is 0 Å². The molecule has 0 amide bonds. The van der Waals surface area contributed by atoms with E-state index >= 15 is 0 Å². The van der Waals surface area contributed by atoms with E-state index in [1.807, 2.05) is 38.1 Å². The molecule has 0 heterocycles. The van der Waals surface area contributed by atoms with Gasteiger partial charge in [0, 0.05) is 0 Å². The monoisotopic (exact) mass is 237 g/mol. The predicted molar refractivity (Wildman–Crippen MR) is 66.4 cm³/mol. The Morgan fingerprint density at radius 1 is 1.47 bits per heavy atom. The number of nitrogens with one attached hydrogen (secondary N) is 1. The third kappa shape index (κ3) is 4.44. The Morgan fingerprint density at radius 2 is 2.18 bits per heavy atom. The number of benzene rings is 1. The summed E-state index contributed by atoms with van der Waals surface area (Å²) in [6.45, 7) is 4.74. The van der Waals surface area contributed by atoms with Crippen LogP contribution in [0.1, 0.15) is 18.9 Å². The van der Waals surface area contributed by atoms with Gasteiger partial charge in [-0.3, -0.25) is 4.79 Å². The van der Waals surface area contributed by atoms with Crippen molar-refractivity contribution in [3.8, 4) is 5.75 Å². The zero-order valence-corrected chi connectivity index (χ0v) is 10.3. The van der Waals surface area contributed by atoms with Gasteiger partial charge in [0.1, 0.15) is 18.4 Å². The average Bonchev–Trinajstić information content (AvgIpc) is 2.31. The van der Waals surface area contributed by atoms with Crippen molar-refractivity contribution < 1.29 is 14.6 Å². The van der Waals surface area contributed by atoms with E-state index < -0.39 is 12.0 Å². The number of ether oxygens (including phenoxy) is 1. The summed E-state index contributed by atoms with van der Waals surface area (Å²) in [7, 11) is 0. The lowest BCUT2D eigenvalue weighted by Crippen LogP contribution is -2.41. The second-order valence-corrected chi connectivity index (χ2v) is 3.92. The summed E-state index contributed by atoms with van der Waals surface area (Å²) < 4.78 is 5.51. The smallest absolute Gasteiger partial charge is 0.324 e. The second-order valence-electron chi connectivity index (χ2n) is 3.92. The fourth-order valence-electron chi connectivity index (χ4n) is 1.43. The Morgan fingerprint density at radius 3 is 2.76 bits per heavy atom. The van der Waals surface area contributed by atoms with Crippen LogP contribution < -0.4 is 10.1 Å². The van der Waals surface area contributed by atoms with Gasteiger partial charge in [0.25, 0.3) is 0 Å². The molecular weight excluding hydrogens is 218 g/mol. The van der Waals surface area contributed by atoms with Crippen LogP contribution in [-0.2, 0) is 4.79 Å². The van der Waals surface area contributed by atoms with E-state index in [9.17, 15) is 4.79 Å². The third-order valence-corrected chi connectivity index (χ3v) is 2.44. The predicted octanol–water partition coefficient (Wildman–Crippen LogP) is 1.83. The van der Waals surface area contributed by atoms with Crippen LogP contribution in [0.3, 0.4) is 0 Å². The molecule has 0 spiro atoms. The average molecular weight is 237 g/mol. The van der Waals surface area contributed by atoms with E-state index in [2.05, 4.69) is 5.32 Å². The van der Waals surface area contributed by atoms with Crippen LogP contribution in [0.2, 0.25) is 0 Å². The summed E-state index contributed by atoms with van der Waals surface area (Å²) in [6.07, 6.45) is 0.897. The maximum atomic E-state index is 11.0. The zero-order valence-electron chi connectivity index (χ0n) is 10.3. The highest BCUT2D eigenvalue weighted by Crippen LogP contribution is 2.16. The summed E-state index contributed by atoms with van der Waals surface area (Å²) >= 11 is 0. The molecule has 1 aromatic carbocycles. The van der Waals surface area contributed by atoms with Gasteiger partial charge in [0.05, 0.1) is 0 Å². The molecule has 2 N–H and O–H groups in total. The number of hydrogen-bond acceptors (Lipinski definition) is 3. The van der Waals surface area contributed by atoms with Crippen LogP contribution in [0.4, 0.5) is 0 Å². The summed E-state index contributed by atoms with van der Waals surface area (Å²) in [5.74, 6) is -0.149. The first kappa shape index (κ1) is 13.5. The molecule has 4 heteroatoms. The molecular formula is C13H19NO3. The Balaban J connectivity index is 2.52. The fraction of sp³-hybridized carbons (Fsp3) is 0.462. The van der Waals surface area contributed by atoms with Gasteiger partial charge < -0.3 is 15.2 Å². The molecule has 17 heavy (non-hydrogen) atoms. The Labute approximate surface area is 102 Å². The van der Waals surface area contributed by atoms with Crippen LogP contribution in [0.25, 0.3) is 0 Å². The molecule has 94 valence electrons. The maximum absolute atomic E-state index is 11.0. The second kappa shape index (κ2) is 6.91. The molecule has 0 radical (unpaired) electrons. The van der Waals surface area contributed by atoms with Crippen LogP contribution in [0.5, 0.6) is 5.75 Å². The van der Waals surface area contributed by atoms with Gasteiger partial charge in [-0.1, -0.05) is 25.1 Å². The number of aryl methyl sites for hydroxylation is 1. The summed E-state index contributed by atoms with van der Waals surface area (Å²) in [5, 5.41) is 11.9. The zero-order chi connectivity index (χ0) is 12.7. The van der Waals surface area contributed by atoms with Gasteiger partial charge in [-0.25, -0.2) is 0 Å². The topological polar surface area (TPSA) is 58.6 Å². The molecule has 0 aliphatic heterocycles. The first-order valence-corrected chi connectivity index (χ1v) is 5.79. The van der Waals surface area contributed by atoms with Gasteiger partial charge in [-0.15, -0.1) is 0 Å². The van der Waals surface area contributed by atoms with Gasteiger partial charge in [-0.05, 0) is 31.5 Å². The minimum absolute atomic E-state index is 0.139. The molecule has 4 nitrogen and oxygen atoms in total. The quantitative estimate of drug-likeness (QED) is 0.759. The van der Waals surface area contributed by atoms with Crippen LogP contribution >= 0.6 is 0 Å². The van der Waals surface area contributed by atoms with Crippen molar-refractivity contribution in [1.29, 1.82) is 0 Å². The first-order valence-electron chi connectivity index (χ1n) is 5.79. The van der Waals surface area contributed by atoms with E-state index in [1.165, 1.54) is 0 Å². The van der Waals surface area contributed by atoms with Crippen molar-refractivity contribution in [2.45, 2.75) is 26.3 Å². The molecule has 0 aliphatic carbocycles. The number of carboxylic acids is 1. The standard InChI is InChI=1S/C13H19NO3/c1-3-8-14-11(13(15)16)9-17-12-7-5-4-6-10(12)2/h4-7,11,14H,3,8-9H2,1-2H3,(H,15,16). The lowest BCUT2D eigenvalue weighted by atomic mass is 10.2. The number of carbonyl (C=O) groups is 1. The number of para-hydroxylation sites is 1. The van der Waals surface area contributed by atoms with Crippen molar-refractivity contribution in [3.63, 3.8) is 0 Å². The number of rotatable bonds is 7. The molecule has 0 saturated carbocycles. The SMILES string of the molecule is CCCNC(COc1ccccc1C)C(=O)O. The molecule has 0 bridgehead atoms.